The third-order valence-electron chi connectivity index (χ3n) is 2.77. The number of rotatable bonds is 3. The van der Waals surface area contributed by atoms with E-state index in [1.54, 1.807) is 0 Å². The lowest BCUT2D eigenvalue weighted by atomic mass is 10.1. The highest BCUT2D eigenvalue weighted by Crippen LogP contribution is 2.19. The smallest absolute Gasteiger partial charge is 0.246 e. The van der Waals surface area contributed by atoms with Crippen LogP contribution in [0.25, 0.3) is 0 Å². The van der Waals surface area contributed by atoms with Crippen molar-refractivity contribution in [2.24, 2.45) is 0 Å². The van der Waals surface area contributed by atoms with Crippen LogP contribution in [0, 0.1) is 11.6 Å². The molecular weight excluding hydrogens is 278 g/mol. The molecule has 1 amide bonds. The number of hydrogen-bond donors (Lipinski definition) is 2. The molecule has 0 aliphatic carbocycles. The number of amides is 1. The van der Waals surface area contributed by atoms with Crippen molar-refractivity contribution in [1.29, 1.82) is 0 Å². The average molecular weight is 290 g/mol. The molecule has 1 saturated heterocycles. The zero-order chi connectivity index (χ0) is 14.0. The summed E-state index contributed by atoms with van der Waals surface area (Å²) in [7, 11) is -4.29. The molecule has 104 valence electrons. The number of sulfonamides is 1. The Morgan fingerprint density at radius 2 is 1.89 bits per heavy atom. The molecule has 2 rings (SSSR count). The van der Waals surface area contributed by atoms with Crippen LogP contribution in [0.2, 0.25) is 0 Å². The fourth-order valence-electron chi connectivity index (χ4n) is 1.85. The quantitative estimate of drug-likeness (QED) is 0.852. The first-order valence-corrected chi connectivity index (χ1v) is 7.11. The number of carbonyl (C=O) groups excluding carboxylic acids is 1. The van der Waals surface area contributed by atoms with E-state index in [1.807, 2.05) is 0 Å². The summed E-state index contributed by atoms with van der Waals surface area (Å²) < 4.78 is 52.9. The van der Waals surface area contributed by atoms with Crippen molar-refractivity contribution in [3.8, 4) is 0 Å². The molecule has 1 aromatic rings. The van der Waals surface area contributed by atoms with Crippen LogP contribution in [-0.4, -0.2) is 26.9 Å². The number of carbonyl (C=O) groups is 1. The Morgan fingerprint density at radius 3 is 2.42 bits per heavy atom. The molecular formula is C11H12F2N2O3S. The summed E-state index contributed by atoms with van der Waals surface area (Å²) in [5, 5.41) is 2.48. The second kappa shape index (κ2) is 5.22. The van der Waals surface area contributed by atoms with Crippen LogP contribution in [0.5, 0.6) is 0 Å². The Hall–Kier alpha value is -1.54. The van der Waals surface area contributed by atoms with E-state index < -0.39 is 32.6 Å². The van der Waals surface area contributed by atoms with Crippen LogP contribution in [0.1, 0.15) is 12.8 Å². The van der Waals surface area contributed by atoms with E-state index in [0.29, 0.717) is 6.42 Å². The normalized spacial score (nSPS) is 20.1. The Bertz CT molecular complexity index is 574. The number of benzene rings is 1. The van der Waals surface area contributed by atoms with E-state index in [9.17, 15) is 22.0 Å². The molecule has 1 atom stereocenters. The average Bonchev–Trinajstić information content (AvgIpc) is 2.31. The predicted molar refractivity (Wildman–Crippen MR) is 62.7 cm³/mol. The van der Waals surface area contributed by atoms with Crippen molar-refractivity contribution in [1.82, 2.24) is 10.0 Å². The minimum atomic E-state index is -4.29. The van der Waals surface area contributed by atoms with Crippen molar-refractivity contribution in [3.63, 3.8) is 0 Å². The molecule has 1 aromatic carbocycles. The van der Waals surface area contributed by atoms with Crippen LogP contribution < -0.4 is 10.0 Å². The maximum atomic E-state index is 13.4. The molecule has 0 saturated carbocycles. The molecule has 1 aliphatic rings. The molecule has 1 aliphatic heterocycles. The van der Waals surface area contributed by atoms with Crippen LogP contribution in [0.15, 0.2) is 23.1 Å². The van der Waals surface area contributed by atoms with Gasteiger partial charge in [-0.05, 0) is 18.6 Å². The monoisotopic (exact) mass is 290 g/mol. The van der Waals surface area contributed by atoms with Gasteiger partial charge in [0.15, 0.2) is 4.90 Å². The minimum absolute atomic E-state index is 0.105. The summed E-state index contributed by atoms with van der Waals surface area (Å²) >= 11 is 0. The largest absolute Gasteiger partial charge is 0.355 e. The first-order valence-electron chi connectivity index (χ1n) is 5.63. The van der Waals surface area contributed by atoms with Crippen LogP contribution in [0.3, 0.4) is 0 Å². The van der Waals surface area contributed by atoms with Gasteiger partial charge in [0.25, 0.3) is 0 Å². The topological polar surface area (TPSA) is 75.3 Å². The van der Waals surface area contributed by atoms with E-state index in [-0.39, 0.29) is 18.9 Å². The van der Waals surface area contributed by atoms with Gasteiger partial charge in [0.2, 0.25) is 15.9 Å². The van der Waals surface area contributed by atoms with Gasteiger partial charge in [0.1, 0.15) is 11.6 Å². The Labute approximate surface area is 109 Å². The first-order chi connectivity index (χ1) is 8.90. The second-order valence-corrected chi connectivity index (χ2v) is 5.86. The SMILES string of the molecule is O=C1CCC(NS(=O)(=O)c2c(F)cccc2F)CN1. The first kappa shape index (κ1) is 13.9. The zero-order valence-corrected chi connectivity index (χ0v) is 10.6. The van der Waals surface area contributed by atoms with Gasteiger partial charge in [0, 0.05) is 19.0 Å². The molecule has 5 nitrogen and oxygen atoms in total. The number of hydrogen-bond acceptors (Lipinski definition) is 3. The van der Waals surface area contributed by atoms with Crippen LogP contribution in [-0.2, 0) is 14.8 Å². The van der Waals surface area contributed by atoms with Gasteiger partial charge in [-0.15, -0.1) is 0 Å². The van der Waals surface area contributed by atoms with E-state index in [0.717, 1.165) is 18.2 Å². The van der Waals surface area contributed by atoms with Crippen LogP contribution >= 0.6 is 0 Å². The van der Waals surface area contributed by atoms with Crippen molar-refractivity contribution < 1.29 is 22.0 Å². The minimum Gasteiger partial charge on any atom is -0.355 e. The summed E-state index contributed by atoms with van der Waals surface area (Å²) in [6.07, 6.45) is 0.466. The van der Waals surface area contributed by atoms with E-state index in [4.69, 9.17) is 0 Å². The van der Waals surface area contributed by atoms with Gasteiger partial charge in [-0.3, -0.25) is 4.79 Å². The maximum absolute atomic E-state index is 13.4. The Kier molecular flexibility index (Phi) is 3.81. The van der Waals surface area contributed by atoms with Crippen molar-refractivity contribution in [2.75, 3.05) is 6.54 Å². The van der Waals surface area contributed by atoms with Crippen LogP contribution in [0.4, 0.5) is 8.78 Å². The molecule has 2 N–H and O–H groups in total. The molecule has 1 heterocycles. The van der Waals surface area contributed by atoms with Gasteiger partial charge in [-0.25, -0.2) is 21.9 Å². The maximum Gasteiger partial charge on any atom is 0.246 e. The van der Waals surface area contributed by atoms with Gasteiger partial charge in [-0.2, -0.15) is 0 Å². The lowest BCUT2D eigenvalue weighted by molar-refractivity contribution is -0.122. The molecule has 1 fully saturated rings. The summed E-state index contributed by atoms with van der Waals surface area (Å²) in [6.45, 7) is 0.105. The van der Waals surface area contributed by atoms with E-state index in [1.165, 1.54) is 0 Å². The summed E-state index contributed by atoms with van der Waals surface area (Å²) in [5.41, 5.74) is 0. The second-order valence-electron chi connectivity index (χ2n) is 4.21. The van der Waals surface area contributed by atoms with Gasteiger partial charge in [-0.1, -0.05) is 6.07 Å². The lowest BCUT2D eigenvalue weighted by Crippen LogP contribution is -2.47. The van der Waals surface area contributed by atoms with E-state index in [2.05, 4.69) is 10.0 Å². The molecule has 0 radical (unpaired) electrons. The molecule has 1 unspecified atom stereocenters. The Balaban J connectivity index is 2.21. The van der Waals surface area contributed by atoms with Crippen molar-refractivity contribution in [2.45, 2.75) is 23.8 Å². The standard InChI is InChI=1S/C11H12F2N2O3S/c12-8-2-1-3-9(13)11(8)19(17,18)15-7-4-5-10(16)14-6-7/h1-3,7,15H,4-6H2,(H,14,16). The molecule has 0 bridgehead atoms. The fraction of sp³-hybridized carbons (Fsp3) is 0.364. The third-order valence-corrected chi connectivity index (χ3v) is 4.35. The highest BCUT2D eigenvalue weighted by molar-refractivity contribution is 7.89. The molecule has 0 spiro atoms. The Morgan fingerprint density at radius 1 is 1.26 bits per heavy atom. The highest BCUT2D eigenvalue weighted by atomic mass is 32.2. The van der Waals surface area contributed by atoms with Crippen molar-refractivity contribution in [3.05, 3.63) is 29.8 Å². The molecule has 19 heavy (non-hydrogen) atoms. The van der Waals surface area contributed by atoms with Gasteiger partial charge >= 0.3 is 0 Å². The lowest BCUT2D eigenvalue weighted by Gasteiger charge is -2.23. The molecule has 8 heteroatoms. The van der Waals surface area contributed by atoms with Gasteiger partial charge < -0.3 is 5.32 Å². The summed E-state index contributed by atoms with van der Waals surface area (Å²) in [5.74, 6) is -2.47. The van der Waals surface area contributed by atoms with E-state index >= 15 is 0 Å². The van der Waals surface area contributed by atoms with Crippen molar-refractivity contribution >= 4 is 15.9 Å². The number of nitrogens with one attached hydrogen (secondary N) is 2. The zero-order valence-electron chi connectivity index (χ0n) is 9.82. The summed E-state index contributed by atoms with van der Waals surface area (Å²) in [4.78, 5) is 9.95. The number of piperidine rings is 1. The number of halogens is 2. The summed E-state index contributed by atoms with van der Waals surface area (Å²) in [6, 6.07) is 2.27. The molecule has 0 aromatic heterocycles. The fourth-order valence-corrected chi connectivity index (χ4v) is 3.26. The predicted octanol–water partition coefficient (Wildman–Crippen LogP) is 0.522. The van der Waals surface area contributed by atoms with Gasteiger partial charge in [0.05, 0.1) is 0 Å². The highest BCUT2D eigenvalue weighted by Gasteiger charge is 2.28. The third kappa shape index (κ3) is 3.07.